The monoisotopic (exact) mass is 272 g/mol. The lowest BCUT2D eigenvalue weighted by molar-refractivity contribution is -0.141. The van der Waals surface area contributed by atoms with Crippen molar-refractivity contribution in [2.45, 2.75) is 26.3 Å². The maximum Gasteiger partial charge on any atom is 0.327 e. The highest BCUT2D eigenvalue weighted by Gasteiger charge is 2.45. The van der Waals surface area contributed by atoms with Crippen molar-refractivity contribution in [1.29, 1.82) is 0 Å². The van der Waals surface area contributed by atoms with Crippen molar-refractivity contribution < 1.29 is 14.7 Å². The number of aliphatic carboxylic acids is 1. The van der Waals surface area contributed by atoms with Crippen LogP contribution < -0.4 is 5.32 Å². The summed E-state index contributed by atoms with van der Waals surface area (Å²) in [5, 5.41) is 12.0. The maximum atomic E-state index is 12.0. The molecule has 0 radical (unpaired) electrons. The van der Waals surface area contributed by atoms with Gasteiger partial charge < -0.3 is 15.3 Å². The molecule has 0 aromatic rings. The van der Waals surface area contributed by atoms with Gasteiger partial charge in [0.25, 0.3) is 0 Å². The summed E-state index contributed by atoms with van der Waals surface area (Å²) in [5.74, 6) is 0.914. The molecule has 5 nitrogen and oxygen atoms in total. The maximum absolute atomic E-state index is 12.0. The average molecular weight is 272 g/mol. The Morgan fingerprint density at radius 2 is 2.17 bits per heavy atom. The molecule has 18 heavy (non-hydrogen) atoms. The third-order valence-electron chi connectivity index (χ3n) is 3.89. The molecule has 1 saturated carbocycles. The van der Waals surface area contributed by atoms with Crippen LogP contribution >= 0.6 is 11.8 Å². The summed E-state index contributed by atoms with van der Waals surface area (Å²) in [6.45, 7) is 5.53. The van der Waals surface area contributed by atoms with E-state index in [9.17, 15) is 9.59 Å². The highest BCUT2D eigenvalue weighted by atomic mass is 32.2. The normalized spacial score (nSPS) is 29.8. The molecule has 0 spiro atoms. The predicted octanol–water partition coefficient (Wildman–Crippen LogP) is 1.24. The van der Waals surface area contributed by atoms with E-state index in [0.29, 0.717) is 30.2 Å². The SMILES string of the molecule is CC1(C)CC1CNC(=O)N1CCSCC1C(=O)O. The largest absolute Gasteiger partial charge is 0.480 e. The van der Waals surface area contributed by atoms with E-state index in [1.54, 1.807) is 11.8 Å². The number of nitrogens with zero attached hydrogens (tertiary/aromatic N) is 1. The van der Waals surface area contributed by atoms with Gasteiger partial charge in [-0.2, -0.15) is 11.8 Å². The number of carbonyl (C=O) groups excluding carboxylic acids is 1. The number of rotatable bonds is 3. The van der Waals surface area contributed by atoms with Gasteiger partial charge in [0.15, 0.2) is 0 Å². The fraction of sp³-hybridized carbons (Fsp3) is 0.833. The van der Waals surface area contributed by atoms with Crippen molar-refractivity contribution in [3.05, 3.63) is 0 Å². The number of hydrogen-bond acceptors (Lipinski definition) is 3. The first-order valence-electron chi connectivity index (χ1n) is 6.27. The van der Waals surface area contributed by atoms with Gasteiger partial charge >= 0.3 is 12.0 Å². The Hall–Kier alpha value is -0.910. The Kier molecular flexibility index (Phi) is 3.75. The molecule has 0 bridgehead atoms. The Morgan fingerprint density at radius 3 is 2.72 bits per heavy atom. The first kappa shape index (κ1) is 13.5. The quantitative estimate of drug-likeness (QED) is 0.811. The third kappa shape index (κ3) is 2.91. The Bertz CT molecular complexity index is 359. The molecule has 1 saturated heterocycles. The second kappa shape index (κ2) is 4.99. The molecule has 2 rings (SSSR count). The van der Waals surface area contributed by atoms with Gasteiger partial charge in [-0.3, -0.25) is 0 Å². The number of amides is 2. The van der Waals surface area contributed by atoms with Crippen LogP contribution in [0.4, 0.5) is 4.79 Å². The lowest BCUT2D eigenvalue weighted by atomic mass is 10.1. The molecule has 2 unspecified atom stereocenters. The van der Waals surface area contributed by atoms with Crippen molar-refractivity contribution >= 4 is 23.8 Å². The fourth-order valence-electron chi connectivity index (χ4n) is 2.29. The second-order valence-electron chi connectivity index (χ2n) is 5.70. The van der Waals surface area contributed by atoms with Gasteiger partial charge in [-0.05, 0) is 17.8 Å². The van der Waals surface area contributed by atoms with E-state index in [1.165, 1.54) is 4.90 Å². The average Bonchev–Trinajstić information content (AvgIpc) is 2.94. The van der Waals surface area contributed by atoms with Gasteiger partial charge in [0.1, 0.15) is 6.04 Å². The molecular weight excluding hydrogens is 252 g/mol. The first-order valence-corrected chi connectivity index (χ1v) is 7.42. The summed E-state index contributed by atoms with van der Waals surface area (Å²) in [5.41, 5.74) is 0.331. The molecule has 1 heterocycles. The fourth-order valence-corrected chi connectivity index (χ4v) is 3.33. The van der Waals surface area contributed by atoms with E-state index in [1.807, 2.05) is 0 Å². The van der Waals surface area contributed by atoms with E-state index in [4.69, 9.17) is 5.11 Å². The number of carboxylic acids is 1. The van der Waals surface area contributed by atoms with Gasteiger partial charge in [-0.15, -0.1) is 0 Å². The van der Waals surface area contributed by atoms with Crippen molar-refractivity contribution in [3.8, 4) is 0 Å². The zero-order valence-electron chi connectivity index (χ0n) is 10.8. The van der Waals surface area contributed by atoms with Crippen LogP contribution in [0.1, 0.15) is 20.3 Å². The van der Waals surface area contributed by atoms with E-state index < -0.39 is 12.0 Å². The molecule has 1 aliphatic heterocycles. The molecule has 2 N–H and O–H groups in total. The minimum absolute atomic E-state index is 0.231. The number of nitrogens with one attached hydrogen (secondary N) is 1. The smallest absolute Gasteiger partial charge is 0.327 e. The number of carboxylic acid groups (broad SMARTS) is 1. The van der Waals surface area contributed by atoms with Gasteiger partial charge in [0.05, 0.1) is 0 Å². The van der Waals surface area contributed by atoms with Crippen LogP contribution in [0.5, 0.6) is 0 Å². The zero-order chi connectivity index (χ0) is 13.3. The molecule has 0 aromatic carbocycles. The Labute approximate surface area is 111 Å². The first-order chi connectivity index (χ1) is 8.42. The Morgan fingerprint density at radius 1 is 1.50 bits per heavy atom. The second-order valence-corrected chi connectivity index (χ2v) is 6.85. The third-order valence-corrected chi connectivity index (χ3v) is 4.91. The van der Waals surface area contributed by atoms with E-state index in [2.05, 4.69) is 19.2 Å². The summed E-state index contributed by atoms with van der Waals surface area (Å²) in [4.78, 5) is 24.5. The topological polar surface area (TPSA) is 69.6 Å². The van der Waals surface area contributed by atoms with Crippen molar-refractivity contribution in [1.82, 2.24) is 10.2 Å². The summed E-state index contributed by atoms with van der Waals surface area (Å²) in [6, 6.07) is -0.915. The lowest BCUT2D eigenvalue weighted by Crippen LogP contribution is -2.54. The number of urea groups is 1. The van der Waals surface area contributed by atoms with Crippen LogP contribution in [0.2, 0.25) is 0 Å². The van der Waals surface area contributed by atoms with Crippen LogP contribution in [-0.4, -0.2) is 52.6 Å². The van der Waals surface area contributed by atoms with Crippen LogP contribution in [-0.2, 0) is 4.79 Å². The van der Waals surface area contributed by atoms with E-state index in [-0.39, 0.29) is 6.03 Å². The minimum Gasteiger partial charge on any atom is -0.480 e. The van der Waals surface area contributed by atoms with Gasteiger partial charge in [-0.25, -0.2) is 9.59 Å². The molecule has 2 fully saturated rings. The number of hydrogen-bond donors (Lipinski definition) is 2. The summed E-state index contributed by atoms with van der Waals surface area (Å²) in [7, 11) is 0. The molecule has 6 heteroatoms. The molecule has 2 aliphatic rings. The highest BCUT2D eigenvalue weighted by molar-refractivity contribution is 7.99. The summed E-state index contributed by atoms with van der Waals surface area (Å²) in [6.07, 6.45) is 1.13. The molecule has 2 amide bonds. The standard InChI is InChI=1S/C12H20N2O3S/c1-12(2)5-8(12)6-13-11(17)14-3-4-18-7-9(14)10(15)16/h8-9H,3-7H2,1-2H3,(H,13,17)(H,15,16). The highest BCUT2D eigenvalue weighted by Crippen LogP contribution is 2.50. The van der Waals surface area contributed by atoms with Gasteiger partial charge in [0, 0.05) is 24.6 Å². The van der Waals surface area contributed by atoms with Crippen molar-refractivity contribution in [2.75, 3.05) is 24.6 Å². The van der Waals surface area contributed by atoms with Crippen LogP contribution in [0, 0.1) is 11.3 Å². The van der Waals surface area contributed by atoms with E-state index >= 15 is 0 Å². The molecule has 2 atom stereocenters. The predicted molar refractivity (Wildman–Crippen MR) is 70.7 cm³/mol. The minimum atomic E-state index is -0.913. The number of thioether (sulfide) groups is 1. The summed E-state index contributed by atoms with van der Waals surface area (Å²) >= 11 is 1.59. The zero-order valence-corrected chi connectivity index (χ0v) is 11.6. The molecule has 1 aliphatic carbocycles. The van der Waals surface area contributed by atoms with Crippen LogP contribution in [0.3, 0.4) is 0 Å². The molecule has 0 aromatic heterocycles. The lowest BCUT2D eigenvalue weighted by Gasteiger charge is -2.32. The Balaban J connectivity index is 1.85. The molecule has 102 valence electrons. The van der Waals surface area contributed by atoms with Crippen molar-refractivity contribution in [2.24, 2.45) is 11.3 Å². The number of carbonyl (C=O) groups is 2. The van der Waals surface area contributed by atoms with Crippen LogP contribution in [0.25, 0.3) is 0 Å². The van der Waals surface area contributed by atoms with Gasteiger partial charge in [-0.1, -0.05) is 13.8 Å². The van der Waals surface area contributed by atoms with Crippen molar-refractivity contribution in [3.63, 3.8) is 0 Å². The van der Waals surface area contributed by atoms with E-state index in [0.717, 1.165) is 12.2 Å². The van der Waals surface area contributed by atoms with Crippen LogP contribution in [0.15, 0.2) is 0 Å². The van der Waals surface area contributed by atoms with Gasteiger partial charge in [0.2, 0.25) is 0 Å². The molecular formula is C12H20N2O3S. The summed E-state index contributed by atoms with van der Waals surface area (Å²) < 4.78 is 0.